The summed E-state index contributed by atoms with van der Waals surface area (Å²) in [4.78, 5) is 60.7. The number of rotatable bonds is 21. The first-order valence-electron chi connectivity index (χ1n) is 16.6. The molecule has 1 unspecified atom stereocenters. The van der Waals surface area contributed by atoms with E-state index in [2.05, 4.69) is 29.6 Å². The van der Waals surface area contributed by atoms with E-state index in [0.29, 0.717) is 17.5 Å². The van der Waals surface area contributed by atoms with Crippen LogP contribution in [0, 0.1) is 27.2 Å². The predicted molar refractivity (Wildman–Crippen MR) is 192 cm³/mol. The molecule has 0 spiro atoms. The second kappa shape index (κ2) is 18.6. The summed E-state index contributed by atoms with van der Waals surface area (Å²) in [6.07, 6.45) is 3.79. The molecule has 0 N–H and O–H groups in total. The minimum Gasteiger partial charge on any atom is -0.493 e. The lowest BCUT2D eigenvalue weighted by atomic mass is 10.1. The van der Waals surface area contributed by atoms with Gasteiger partial charge in [0.05, 0.1) is 14.2 Å². The van der Waals surface area contributed by atoms with Crippen molar-refractivity contribution < 1.29 is 52.0 Å². The van der Waals surface area contributed by atoms with Crippen LogP contribution in [0.1, 0.15) is 51.5 Å². The van der Waals surface area contributed by atoms with Gasteiger partial charge in [0.15, 0.2) is 33.9 Å². The maximum absolute atomic E-state index is 14.8. The molecule has 20 nitrogen and oxygen atoms in total. The van der Waals surface area contributed by atoms with E-state index in [-0.39, 0.29) is 60.5 Å². The molecule has 0 amide bonds. The molecule has 1 atom stereocenters. The van der Waals surface area contributed by atoms with Crippen molar-refractivity contribution in [2.75, 3.05) is 25.1 Å². The van der Waals surface area contributed by atoms with Crippen LogP contribution in [-0.2, 0) is 29.2 Å². The highest BCUT2D eigenvalue weighted by Gasteiger charge is 2.45. The zero-order valence-corrected chi connectivity index (χ0v) is 31.3. The number of esters is 1. The summed E-state index contributed by atoms with van der Waals surface area (Å²) in [7, 11) is -2.01. The average molecular weight is 786 g/mol. The van der Waals surface area contributed by atoms with E-state index in [4.69, 9.17) is 18.9 Å². The van der Waals surface area contributed by atoms with E-state index in [9.17, 15) is 33.4 Å². The number of aryl methyl sites for hydroxylation is 1. The lowest BCUT2D eigenvalue weighted by Gasteiger charge is -2.37. The van der Waals surface area contributed by atoms with Gasteiger partial charge in [-0.3, -0.25) is 9.78 Å². The topological polar surface area (TPSA) is 248 Å². The van der Waals surface area contributed by atoms with Crippen LogP contribution in [0.25, 0.3) is 11.4 Å². The molecule has 0 aliphatic rings. The van der Waals surface area contributed by atoms with Gasteiger partial charge in [0.2, 0.25) is 5.75 Å². The normalized spacial score (nSPS) is 11.9. The van der Waals surface area contributed by atoms with E-state index in [0.717, 1.165) is 4.31 Å². The Morgan fingerprint density at radius 1 is 0.927 bits per heavy atom. The Morgan fingerprint density at radius 3 is 2.25 bits per heavy atom. The molecule has 0 saturated heterocycles. The van der Waals surface area contributed by atoms with Crippen LogP contribution in [-0.4, -0.2) is 77.2 Å². The van der Waals surface area contributed by atoms with Gasteiger partial charge in [0, 0.05) is 30.6 Å². The third-order valence-electron chi connectivity index (χ3n) is 7.67. The van der Waals surface area contributed by atoms with Crippen molar-refractivity contribution in [2.24, 2.45) is 0 Å². The quantitative estimate of drug-likeness (QED) is 0.0343. The molecule has 0 bridgehead atoms. The summed E-state index contributed by atoms with van der Waals surface area (Å²) >= 11 is 0. The molecule has 0 saturated carbocycles. The number of sulfonamides is 1. The van der Waals surface area contributed by atoms with Gasteiger partial charge in [0.1, 0.15) is 12.7 Å². The maximum Gasteiger partial charge on any atom is 0.307 e. The fraction of sp³-hybridized carbons (Fsp3) is 0.382. The Balaban J connectivity index is 1.75. The number of para-hydroxylation sites is 2. The number of methoxy groups -OCH3 is 2. The minimum atomic E-state index is -4.74. The molecule has 0 aliphatic carbocycles. The third kappa shape index (κ3) is 11.1. The molecule has 4 aromatic rings. The highest BCUT2D eigenvalue weighted by Crippen LogP contribution is 2.46. The molecular formula is C34H39N7O13S. The summed E-state index contributed by atoms with van der Waals surface area (Å²) in [5.41, 5.74) is -0.905. The van der Waals surface area contributed by atoms with Crippen LogP contribution >= 0.6 is 0 Å². The van der Waals surface area contributed by atoms with E-state index in [1.807, 2.05) is 0 Å². The Morgan fingerprint density at radius 2 is 1.64 bits per heavy atom. The number of aromatic nitrogens is 4. The predicted octanol–water partition coefficient (Wildman–Crippen LogP) is 5.26. The van der Waals surface area contributed by atoms with Gasteiger partial charge in [-0.2, -0.15) is 13.4 Å². The number of nitrogens with zero attached hydrogens (tertiary/aromatic N) is 7. The van der Waals surface area contributed by atoms with Crippen molar-refractivity contribution in [1.82, 2.24) is 19.9 Å². The zero-order valence-electron chi connectivity index (χ0n) is 30.5. The third-order valence-corrected chi connectivity index (χ3v) is 9.53. The molecule has 3 aromatic heterocycles. The first-order chi connectivity index (χ1) is 26.2. The van der Waals surface area contributed by atoms with Gasteiger partial charge >= 0.3 is 5.97 Å². The monoisotopic (exact) mass is 785 g/mol. The van der Waals surface area contributed by atoms with Gasteiger partial charge in [-0.05, 0) is 69.5 Å². The molecule has 0 aliphatic heterocycles. The van der Waals surface area contributed by atoms with E-state index < -0.39 is 49.6 Å². The molecular weight excluding hydrogens is 746 g/mol. The Labute approximate surface area is 315 Å². The van der Waals surface area contributed by atoms with Gasteiger partial charge in [0.25, 0.3) is 26.1 Å². The highest BCUT2D eigenvalue weighted by atomic mass is 32.2. The number of benzene rings is 1. The number of ether oxygens (including phenoxy) is 4. The maximum atomic E-state index is 14.8. The van der Waals surface area contributed by atoms with Crippen molar-refractivity contribution in [3.05, 3.63) is 92.9 Å². The molecule has 0 radical (unpaired) electrons. The molecule has 4 rings (SSSR count). The van der Waals surface area contributed by atoms with E-state index in [1.165, 1.54) is 52.7 Å². The summed E-state index contributed by atoms with van der Waals surface area (Å²) in [6, 6.07) is 12.6. The van der Waals surface area contributed by atoms with Crippen LogP contribution < -0.4 is 18.5 Å². The van der Waals surface area contributed by atoms with Crippen LogP contribution in [0.2, 0.25) is 0 Å². The number of hydrogen-bond donors (Lipinski definition) is 0. The first kappa shape index (κ1) is 41.4. The minimum absolute atomic E-state index is 0.0174. The Bertz CT molecular complexity index is 2050. The van der Waals surface area contributed by atoms with Gasteiger partial charge in [-0.1, -0.05) is 31.0 Å². The van der Waals surface area contributed by atoms with Crippen molar-refractivity contribution in [3.63, 3.8) is 0 Å². The number of carbonyl (C=O) groups excluding carboxylic acids is 1. The molecule has 0 fully saturated rings. The van der Waals surface area contributed by atoms with Crippen LogP contribution in [0.3, 0.4) is 0 Å². The molecule has 3 heterocycles. The smallest absolute Gasteiger partial charge is 0.307 e. The standard InChI is InChI=1S/C34H39N7O13S/c1-23-15-16-28(36-21-23)55(47,48)39(34(2,3)53-29(42)14-8-6-7-11-25(54-41(45)46)22-51-40(43)44)32-30(52-27-13-10-9-12-26(27)49-4)33(50-5)38-31(37-32)24-17-19-35-20-18-24/h9-10,12-13,15-21,25H,6-8,11,14,22H2,1-5H3. The number of anilines is 1. The molecule has 1 aromatic carbocycles. The summed E-state index contributed by atoms with van der Waals surface area (Å²) < 4.78 is 53.5. The highest BCUT2D eigenvalue weighted by molar-refractivity contribution is 7.92. The van der Waals surface area contributed by atoms with Gasteiger partial charge < -0.3 is 28.6 Å². The summed E-state index contributed by atoms with van der Waals surface area (Å²) in [5.74, 6) is -1.17. The van der Waals surface area contributed by atoms with Crippen molar-refractivity contribution in [1.29, 1.82) is 0 Å². The largest absolute Gasteiger partial charge is 0.493 e. The summed E-state index contributed by atoms with van der Waals surface area (Å²) in [6.45, 7) is 3.78. The Kier molecular flexibility index (Phi) is 14.0. The summed E-state index contributed by atoms with van der Waals surface area (Å²) in [5, 5.41) is 18.7. The van der Waals surface area contributed by atoms with Crippen LogP contribution in [0.15, 0.2) is 72.1 Å². The lowest BCUT2D eigenvalue weighted by Crippen LogP contribution is -2.51. The van der Waals surface area contributed by atoms with Crippen molar-refractivity contribution >= 4 is 21.8 Å². The average Bonchev–Trinajstić information content (AvgIpc) is 3.14. The fourth-order valence-electron chi connectivity index (χ4n) is 5.21. The number of carbonyl (C=O) groups is 1. The van der Waals surface area contributed by atoms with Crippen LogP contribution in [0.5, 0.6) is 23.1 Å². The Hall–Kier alpha value is -6.38. The van der Waals surface area contributed by atoms with Crippen molar-refractivity contribution in [2.45, 2.75) is 69.7 Å². The zero-order chi connectivity index (χ0) is 40.2. The van der Waals surface area contributed by atoms with E-state index >= 15 is 0 Å². The van der Waals surface area contributed by atoms with Gasteiger partial charge in [-0.15, -0.1) is 20.2 Å². The number of hydrogen-bond acceptors (Lipinski definition) is 17. The number of unbranched alkanes of at least 4 members (excludes halogenated alkanes) is 2. The van der Waals surface area contributed by atoms with Crippen molar-refractivity contribution in [3.8, 4) is 34.5 Å². The molecule has 294 valence electrons. The van der Waals surface area contributed by atoms with Gasteiger partial charge in [-0.25, -0.2) is 14.3 Å². The number of pyridine rings is 2. The fourth-order valence-corrected chi connectivity index (χ4v) is 6.79. The first-order valence-corrected chi connectivity index (χ1v) is 18.1. The molecule has 55 heavy (non-hydrogen) atoms. The van der Waals surface area contributed by atoms with Crippen LogP contribution in [0.4, 0.5) is 5.82 Å². The second-order valence-corrected chi connectivity index (χ2v) is 13.9. The SMILES string of the molecule is COc1ccccc1Oc1c(OC)nc(-c2ccncc2)nc1N(C(C)(C)OC(=O)CCCCCC(CO[N+](=O)[O-])O[N+](=O)[O-])S(=O)(=O)c1ccc(C)cn1. The lowest BCUT2D eigenvalue weighted by molar-refractivity contribution is -0.790. The molecule has 21 heteroatoms. The van der Waals surface area contributed by atoms with E-state index in [1.54, 1.807) is 49.4 Å². The second-order valence-electron chi connectivity index (χ2n) is 12.1.